The number of rotatable bonds is 6. The van der Waals surface area contributed by atoms with Gasteiger partial charge in [-0.25, -0.2) is 4.79 Å². The van der Waals surface area contributed by atoms with Crippen molar-refractivity contribution >= 4 is 50.9 Å². The summed E-state index contributed by atoms with van der Waals surface area (Å²) in [7, 11) is 0. The van der Waals surface area contributed by atoms with E-state index < -0.39 is 5.97 Å². The third-order valence-corrected chi connectivity index (χ3v) is 4.61. The zero-order valence-electron chi connectivity index (χ0n) is 13.3. The fourth-order valence-electron chi connectivity index (χ4n) is 1.88. The standard InChI is InChI=1S/C17H15BrCl2N2O3/c1-10-6-13(4-5-14(10)18)24-9-17(23)25-22-16(21)7-11-2-3-12(19)8-15(11)20/h2-6,8H,7,9H2,1H3,(H2,21,22). The Labute approximate surface area is 163 Å². The van der Waals surface area contributed by atoms with Gasteiger partial charge in [0, 0.05) is 20.9 Å². The van der Waals surface area contributed by atoms with Gasteiger partial charge in [0.25, 0.3) is 0 Å². The highest BCUT2D eigenvalue weighted by Crippen LogP contribution is 2.22. The van der Waals surface area contributed by atoms with Gasteiger partial charge in [0.15, 0.2) is 6.61 Å². The second kappa shape index (κ2) is 9.08. The van der Waals surface area contributed by atoms with E-state index in [0.717, 1.165) is 15.6 Å². The van der Waals surface area contributed by atoms with Gasteiger partial charge in [-0.1, -0.05) is 50.4 Å². The minimum atomic E-state index is -0.661. The Balaban J connectivity index is 1.85. The summed E-state index contributed by atoms with van der Waals surface area (Å²) >= 11 is 15.3. The van der Waals surface area contributed by atoms with Gasteiger partial charge in [-0.15, -0.1) is 0 Å². The quantitative estimate of drug-likeness (QED) is 0.307. The molecule has 25 heavy (non-hydrogen) atoms. The van der Waals surface area contributed by atoms with Crippen molar-refractivity contribution in [2.45, 2.75) is 13.3 Å². The molecule has 0 amide bonds. The molecule has 2 rings (SSSR count). The van der Waals surface area contributed by atoms with Crippen LogP contribution in [-0.2, 0) is 16.1 Å². The van der Waals surface area contributed by atoms with Crippen LogP contribution in [0.15, 0.2) is 46.0 Å². The monoisotopic (exact) mass is 444 g/mol. The first-order chi connectivity index (χ1) is 11.8. The van der Waals surface area contributed by atoms with E-state index >= 15 is 0 Å². The van der Waals surface area contributed by atoms with Gasteiger partial charge in [-0.2, -0.15) is 0 Å². The Morgan fingerprint density at radius 2 is 2.00 bits per heavy atom. The zero-order chi connectivity index (χ0) is 18.4. The third kappa shape index (κ3) is 6.23. The van der Waals surface area contributed by atoms with Crippen LogP contribution < -0.4 is 10.5 Å². The molecule has 0 bridgehead atoms. The van der Waals surface area contributed by atoms with E-state index in [1.807, 2.05) is 13.0 Å². The molecular weight excluding hydrogens is 431 g/mol. The Hall–Kier alpha value is -1.76. The minimum Gasteiger partial charge on any atom is -0.482 e. The molecule has 0 aliphatic carbocycles. The first-order valence-corrected chi connectivity index (χ1v) is 8.75. The van der Waals surface area contributed by atoms with Crippen molar-refractivity contribution in [1.29, 1.82) is 0 Å². The topological polar surface area (TPSA) is 73.9 Å². The first kappa shape index (κ1) is 19.6. The van der Waals surface area contributed by atoms with Crippen molar-refractivity contribution in [2.75, 3.05) is 6.61 Å². The Morgan fingerprint density at radius 1 is 1.24 bits per heavy atom. The molecule has 132 valence electrons. The maximum atomic E-state index is 11.7. The molecule has 0 atom stereocenters. The Morgan fingerprint density at radius 3 is 2.68 bits per heavy atom. The van der Waals surface area contributed by atoms with Crippen LogP contribution in [0.5, 0.6) is 5.75 Å². The van der Waals surface area contributed by atoms with E-state index in [-0.39, 0.29) is 18.9 Å². The van der Waals surface area contributed by atoms with Crippen molar-refractivity contribution in [3.63, 3.8) is 0 Å². The van der Waals surface area contributed by atoms with E-state index in [1.54, 1.807) is 30.3 Å². The van der Waals surface area contributed by atoms with Crippen molar-refractivity contribution in [1.82, 2.24) is 0 Å². The lowest BCUT2D eigenvalue weighted by molar-refractivity contribution is -0.146. The van der Waals surface area contributed by atoms with Gasteiger partial charge in [0.2, 0.25) is 0 Å². The Bertz CT molecular complexity index is 812. The van der Waals surface area contributed by atoms with Crippen LogP contribution >= 0.6 is 39.1 Å². The molecule has 0 fully saturated rings. The van der Waals surface area contributed by atoms with Crippen LogP contribution in [0.1, 0.15) is 11.1 Å². The maximum absolute atomic E-state index is 11.7. The summed E-state index contributed by atoms with van der Waals surface area (Å²) in [6.45, 7) is 1.64. The average Bonchev–Trinajstić information content (AvgIpc) is 2.56. The highest BCUT2D eigenvalue weighted by molar-refractivity contribution is 9.10. The highest BCUT2D eigenvalue weighted by atomic mass is 79.9. The molecule has 0 unspecified atom stereocenters. The van der Waals surface area contributed by atoms with E-state index in [4.69, 9.17) is 38.5 Å². The van der Waals surface area contributed by atoms with Gasteiger partial charge in [-0.05, 0) is 48.4 Å². The van der Waals surface area contributed by atoms with Gasteiger partial charge in [0.05, 0.1) is 0 Å². The summed E-state index contributed by atoms with van der Waals surface area (Å²) in [5, 5.41) is 4.58. The lowest BCUT2D eigenvalue weighted by Gasteiger charge is -2.07. The van der Waals surface area contributed by atoms with Crippen molar-refractivity contribution in [2.24, 2.45) is 10.9 Å². The van der Waals surface area contributed by atoms with Crippen molar-refractivity contribution in [3.8, 4) is 5.75 Å². The number of halogens is 3. The fourth-order valence-corrected chi connectivity index (χ4v) is 2.60. The van der Waals surface area contributed by atoms with Gasteiger partial charge in [-0.3, -0.25) is 0 Å². The number of carbonyl (C=O) groups excluding carboxylic acids is 1. The molecule has 8 heteroatoms. The molecular formula is C17H15BrCl2N2O3. The van der Waals surface area contributed by atoms with E-state index in [2.05, 4.69) is 21.1 Å². The fraction of sp³-hybridized carbons (Fsp3) is 0.176. The van der Waals surface area contributed by atoms with Crippen LogP contribution in [0.4, 0.5) is 0 Å². The first-order valence-electron chi connectivity index (χ1n) is 7.20. The van der Waals surface area contributed by atoms with Crippen molar-refractivity contribution < 1.29 is 14.4 Å². The third-order valence-electron chi connectivity index (χ3n) is 3.14. The molecule has 0 spiro atoms. The molecule has 5 nitrogen and oxygen atoms in total. The molecule has 0 aromatic heterocycles. The summed E-state index contributed by atoms with van der Waals surface area (Å²) in [5.41, 5.74) is 7.46. The van der Waals surface area contributed by atoms with Crippen LogP contribution in [0.3, 0.4) is 0 Å². The van der Waals surface area contributed by atoms with E-state index in [0.29, 0.717) is 15.8 Å². The van der Waals surface area contributed by atoms with E-state index in [1.165, 1.54) is 0 Å². The number of nitrogens with zero attached hydrogens (tertiary/aromatic N) is 1. The molecule has 2 aromatic carbocycles. The van der Waals surface area contributed by atoms with Crippen LogP contribution in [0.2, 0.25) is 10.0 Å². The van der Waals surface area contributed by atoms with Crippen LogP contribution in [-0.4, -0.2) is 18.4 Å². The second-order valence-corrected chi connectivity index (χ2v) is 6.86. The number of amidine groups is 1. The Kier molecular flexibility index (Phi) is 7.11. The SMILES string of the molecule is Cc1cc(OCC(=O)O/N=C(/N)Cc2ccc(Cl)cc2Cl)ccc1Br. The van der Waals surface area contributed by atoms with Crippen LogP contribution in [0.25, 0.3) is 0 Å². The summed E-state index contributed by atoms with van der Waals surface area (Å²) in [5.74, 6) is 0.00494. The summed E-state index contributed by atoms with van der Waals surface area (Å²) < 4.78 is 6.30. The highest BCUT2D eigenvalue weighted by Gasteiger charge is 2.08. The number of hydrogen-bond donors (Lipinski definition) is 1. The number of ether oxygens (including phenoxy) is 1. The van der Waals surface area contributed by atoms with E-state index in [9.17, 15) is 4.79 Å². The summed E-state index contributed by atoms with van der Waals surface area (Å²) in [6, 6.07) is 10.4. The molecule has 0 saturated carbocycles. The lowest BCUT2D eigenvalue weighted by Crippen LogP contribution is -2.19. The maximum Gasteiger partial charge on any atom is 0.372 e. The van der Waals surface area contributed by atoms with Gasteiger partial charge >= 0.3 is 5.97 Å². The molecule has 2 aromatic rings. The number of oxime groups is 1. The number of hydrogen-bond acceptors (Lipinski definition) is 4. The smallest absolute Gasteiger partial charge is 0.372 e. The molecule has 0 saturated heterocycles. The molecule has 2 N–H and O–H groups in total. The second-order valence-electron chi connectivity index (χ2n) is 5.16. The van der Waals surface area contributed by atoms with Crippen LogP contribution in [0, 0.1) is 6.92 Å². The average molecular weight is 446 g/mol. The summed E-state index contributed by atoms with van der Waals surface area (Å²) in [6.07, 6.45) is 0.232. The largest absolute Gasteiger partial charge is 0.482 e. The number of aryl methyl sites for hydroxylation is 1. The molecule has 0 radical (unpaired) electrons. The predicted molar refractivity (Wildman–Crippen MR) is 102 cm³/mol. The lowest BCUT2D eigenvalue weighted by atomic mass is 10.1. The normalized spacial score (nSPS) is 11.3. The number of nitrogens with two attached hydrogens (primary N) is 1. The minimum absolute atomic E-state index is 0.108. The van der Waals surface area contributed by atoms with Gasteiger partial charge in [0.1, 0.15) is 11.6 Å². The number of carbonyl (C=O) groups is 1. The predicted octanol–water partition coefficient (Wildman–Crippen LogP) is 4.50. The molecule has 0 aliphatic heterocycles. The van der Waals surface area contributed by atoms with Crippen molar-refractivity contribution in [3.05, 3.63) is 62.0 Å². The van der Waals surface area contributed by atoms with Gasteiger partial charge < -0.3 is 15.3 Å². The summed E-state index contributed by atoms with van der Waals surface area (Å²) in [4.78, 5) is 16.4. The number of benzene rings is 2. The molecule has 0 heterocycles. The molecule has 0 aliphatic rings. The zero-order valence-corrected chi connectivity index (χ0v) is 16.4.